The predicted octanol–water partition coefficient (Wildman–Crippen LogP) is 4.15. The van der Waals surface area contributed by atoms with Gasteiger partial charge in [-0.15, -0.1) is 0 Å². The van der Waals surface area contributed by atoms with Crippen LogP contribution in [-0.2, 0) is 21.4 Å². The van der Waals surface area contributed by atoms with Crippen LogP contribution >= 0.6 is 0 Å². The van der Waals surface area contributed by atoms with Gasteiger partial charge >= 0.3 is 0 Å². The van der Waals surface area contributed by atoms with E-state index in [1.165, 1.54) is 0 Å². The Kier molecular flexibility index (Phi) is 5.83. The number of aromatic nitrogens is 1. The fourth-order valence-electron chi connectivity index (χ4n) is 3.32. The number of carbonyl (C=O) groups is 2. The molecule has 0 atom stereocenters. The summed E-state index contributed by atoms with van der Waals surface area (Å²) < 4.78 is 0. The molecule has 1 aromatic heterocycles. The van der Waals surface area contributed by atoms with Gasteiger partial charge in [0.05, 0.1) is 0 Å². The Hall–Kier alpha value is -3.08. The molecule has 0 radical (unpaired) electrons. The maximum atomic E-state index is 12.3. The molecule has 5 heteroatoms. The molecule has 2 amide bonds. The Morgan fingerprint density at radius 1 is 0.964 bits per heavy atom. The van der Waals surface area contributed by atoms with Gasteiger partial charge in [-0.2, -0.15) is 0 Å². The van der Waals surface area contributed by atoms with E-state index in [4.69, 9.17) is 0 Å². The minimum atomic E-state index is -0.304. The van der Waals surface area contributed by atoms with E-state index in [9.17, 15) is 9.59 Å². The number of aromatic amines is 1. The van der Waals surface area contributed by atoms with Gasteiger partial charge < -0.3 is 15.6 Å². The summed E-state index contributed by atoms with van der Waals surface area (Å²) >= 11 is 0. The molecule has 0 saturated carbocycles. The Morgan fingerprint density at radius 2 is 1.68 bits per heavy atom. The minimum Gasteiger partial charge on any atom is -0.361 e. The summed E-state index contributed by atoms with van der Waals surface area (Å²) in [7, 11) is 0. The van der Waals surface area contributed by atoms with E-state index < -0.39 is 0 Å². The molecule has 0 fully saturated rings. The van der Waals surface area contributed by atoms with Gasteiger partial charge in [0.1, 0.15) is 6.42 Å². The van der Waals surface area contributed by atoms with Crippen LogP contribution in [0.5, 0.6) is 0 Å². The van der Waals surface area contributed by atoms with Gasteiger partial charge in [0, 0.05) is 29.3 Å². The van der Waals surface area contributed by atoms with Crippen molar-refractivity contribution in [2.24, 2.45) is 0 Å². The van der Waals surface area contributed by atoms with Crippen LogP contribution in [0.15, 0.2) is 54.7 Å². The van der Waals surface area contributed by atoms with Crippen molar-refractivity contribution in [1.29, 1.82) is 0 Å². The molecule has 146 valence electrons. The third-order valence-electron chi connectivity index (χ3n) is 4.72. The summed E-state index contributed by atoms with van der Waals surface area (Å²) in [6.07, 6.45) is 2.49. The van der Waals surface area contributed by atoms with Gasteiger partial charge in [-0.1, -0.05) is 57.2 Å². The van der Waals surface area contributed by atoms with Gasteiger partial charge in [0.2, 0.25) is 11.8 Å². The third-order valence-corrected chi connectivity index (χ3v) is 4.72. The maximum absolute atomic E-state index is 12.3. The SMILES string of the molecule is CC(C)(C)c1ccccc1NC(=O)CC(=O)NCCc1c[nH]c2ccccc12. The summed E-state index contributed by atoms with van der Waals surface area (Å²) in [5.74, 6) is -0.577. The molecule has 3 N–H and O–H groups in total. The first-order chi connectivity index (χ1) is 13.3. The van der Waals surface area contributed by atoms with Crippen LogP contribution in [0.4, 0.5) is 5.69 Å². The van der Waals surface area contributed by atoms with E-state index in [1.54, 1.807) is 0 Å². The van der Waals surface area contributed by atoms with E-state index in [0.717, 1.165) is 27.7 Å². The van der Waals surface area contributed by atoms with Crippen LogP contribution in [0, 0.1) is 0 Å². The fourth-order valence-corrected chi connectivity index (χ4v) is 3.32. The number of anilines is 1. The highest BCUT2D eigenvalue weighted by Crippen LogP contribution is 2.29. The Morgan fingerprint density at radius 3 is 2.46 bits per heavy atom. The van der Waals surface area contributed by atoms with E-state index in [1.807, 2.05) is 48.7 Å². The van der Waals surface area contributed by atoms with E-state index in [-0.39, 0.29) is 23.7 Å². The monoisotopic (exact) mass is 377 g/mol. The summed E-state index contributed by atoms with van der Waals surface area (Å²) in [5.41, 5.74) is 3.95. The second kappa shape index (κ2) is 8.30. The first-order valence-corrected chi connectivity index (χ1v) is 9.55. The van der Waals surface area contributed by atoms with Crippen molar-refractivity contribution in [1.82, 2.24) is 10.3 Å². The van der Waals surface area contributed by atoms with Crippen molar-refractivity contribution in [3.05, 3.63) is 65.9 Å². The summed E-state index contributed by atoms with van der Waals surface area (Å²) in [6.45, 7) is 6.77. The quantitative estimate of drug-likeness (QED) is 0.565. The topological polar surface area (TPSA) is 74.0 Å². The Balaban J connectivity index is 1.51. The van der Waals surface area contributed by atoms with Crippen molar-refractivity contribution in [2.45, 2.75) is 39.0 Å². The second-order valence-electron chi connectivity index (χ2n) is 7.98. The van der Waals surface area contributed by atoms with Crippen LogP contribution < -0.4 is 10.6 Å². The van der Waals surface area contributed by atoms with Crippen molar-refractivity contribution in [3.63, 3.8) is 0 Å². The Labute approximate surface area is 165 Å². The molecular formula is C23H27N3O2. The molecule has 2 aromatic carbocycles. The normalized spacial score (nSPS) is 11.4. The standard InChI is InChI=1S/C23H27N3O2/c1-23(2,3)18-9-5-7-11-20(18)26-22(28)14-21(27)24-13-12-16-15-25-19-10-6-4-8-17(16)19/h4-11,15,25H,12-14H2,1-3H3,(H,24,27)(H,26,28). The van der Waals surface area contributed by atoms with Gasteiger partial charge in [0.15, 0.2) is 0 Å². The molecule has 28 heavy (non-hydrogen) atoms. The number of hydrogen-bond acceptors (Lipinski definition) is 2. The number of rotatable bonds is 6. The number of carbonyl (C=O) groups excluding carboxylic acids is 2. The number of hydrogen-bond donors (Lipinski definition) is 3. The number of benzene rings is 2. The van der Waals surface area contributed by atoms with E-state index >= 15 is 0 Å². The fraction of sp³-hybridized carbons (Fsp3) is 0.304. The second-order valence-corrected chi connectivity index (χ2v) is 7.98. The van der Waals surface area contributed by atoms with Crippen LogP contribution in [0.2, 0.25) is 0 Å². The maximum Gasteiger partial charge on any atom is 0.233 e. The Bertz CT molecular complexity index is 983. The highest BCUT2D eigenvalue weighted by Gasteiger charge is 2.19. The molecule has 0 aliphatic rings. The van der Waals surface area contributed by atoms with Crippen molar-refractivity contribution in [3.8, 4) is 0 Å². The van der Waals surface area contributed by atoms with Gasteiger partial charge in [0.25, 0.3) is 0 Å². The summed E-state index contributed by atoms with van der Waals surface area (Å²) in [4.78, 5) is 27.7. The highest BCUT2D eigenvalue weighted by atomic mass is 16.2. The van der Waals surface area contributed by atoms with Crippen LogP contribution in [0.25, 0.3) is 10.9 Å². The zero-order chi connectivity index (χ0) is 20.1. The molecular weight excluding hydrogens is 350 g/mol. The van der Waals surface area contributed by atoms with Crippen molar-refractivity contribution >= 4 is 28.4 Å². The van der Waals surface area contributed by atoms with Gasteiger partial charge in [-0.05, 0) is 35.1 Å². The predicted molar refractivity (Wildman–Crippen MR) is 113 cm³/mol. The molecule has 5 nitrogen and oxygen atoms in total. The number of para-hydroxylation sites is 2. The molecule has 0 aliphatic heterocycles. The molecule has 3 aromatic rings. The third kappa shape index (κ3) is 4.80. The molecule has 0 unspecified atom stereocenters. The van der Waals surface area contributed by atoms with Crippen molar-refractivity contribution in [2.75, 3.05) is 11.9 Å². The molecule has 0 bridgehead atoms. The lowest BCUT2D eigenvalue weighted by molar-refractivity contribution is -0.126. The number of fused-ring (bicyclic) bond motifs is 1. The van der Waals surface area contributed by atoms with Crippen LogP contribution in [0.3, 0.4) is 0 Å². The first-order valence-electron chi connectivity index (χ1n) is 9.55. The molecule has 3 rings (SSSR count). The zero-order valence-corrected chi connectivity index (χ0v) is 16.6. The largest absolute Gasteiger partial charge is 0.361 e. The number of amides is 2. The molecule has 0 saturated heterocycles. The molecule has 0 spiro atoms. The molecule has 0 aliphatic carbocycles. The van der Waals surface area contributed by atoms with Crippen molar-refractivity contribution < 1.29 is 9.59 Å². The van der Waals surface area contributed by atoms with E-state index in [0.29, 0.717) is 13.0 Å². The van der Waals surface area contributed by atoms with Gasteiger partial charge in [-0.25, -0.2) is 0 Å². The average Bonchev–Trinajstić information content (AvgIpc) is 3.04. The average molecular weight is 377 g/mol. The smallest absolute Gasteiger partial charge is 0.233 e. The number of H-pyrrole nitrogens is 1. The lowest BCUT2D eigenvalue weighted by atomic mass is 9.86. The minimum absolute atomic E-state index is 0.0918. The lowest BCUT2D eigenvalue weighted by Gasteiger charge is -2.22. The van der Waals surface area contributed by atoms with Crippen LogP contribution in [0.1, 0.15) is 38.3 Å². The number of nitrogens with one attached hydrogen (secondary N) is 3. The van der Waals surface area contributed by atoms with Gasteiger partial charge in [-0.3, -0.25) is 9.59 Å². The zero-order valence-electron chi connectivity index (χ0n) is 16.6. The highest BCUT2D eigenvalue weighted by molar-refractivity contribution is 6.04. The van der Waals surface area contributed by atoms with E-state index in [2.05, 4.69) is 42.5 Å². The van der Waals surface area contributed by atoms with Crippen LogP contribution in [-0.4, -0.2) is 23.3 Å². The summed E-state index contributed by atoms with van der Waals surface area (Å²) in [6, 6.07) is 15.8. The molecule has 1 heterocycles. The summed E-state index contributed by atoms with van der Waals surface area (Å²) in [5, 5.41) is 6.87. The first kappa shape index (κ1) is 19.7. The lowest BCUT2D eigenvalue weighted by Crippen LogP contribution is -2.30.